The first kappa shape index (κ1) is 18.1. The van der Waals surface area contributed by atoms with Crippen molar-refractivity contribution in [3.8, 4) is 11.5 Å². The molecule has 1 amide bonds. The van der Waals surface area contributed by atoms with Gasteiger partial charge in [-0.2, -0.15) is 0 Å². The summed E-state index contributed by atoms with van der Waals surface area (Å²) < 4.78 is 9.86. The molecular weight excluding hydrogens is 322 g/mol. The number of amides is 1. The largest absolute Gasteiger partial charge is 0.504 e. The van der Waals surface area contributed by atoms with Crippen LogP contribution in [0.15, 0.2) is 54.6 Å². The van der Waals surface area contributed by atoms with E-state index in [1.807, 2.05) is 30.3 Å². The van der Waals surface area contributed by atoms with Gasteiger partial charge >= 0.3 is 5.97 Å². The topological polar surface area (TPSA) is 84.9 Å². The van der Waals surface area contributed by atoms with Crippen LogP contribution in [0.2, 0.25) is 0 Å². The van der Waals surface area contributed by atoms with E-state index in [0.717, 1.165) is 5.56 Å². The monoisotopic (exact) mass is 341 g/mol. The summed E-state index contributed by atoms with van der Waals surface area (Å²) in [5.74, 6) is -0.702. The summed E-state index contributed by atoms with van der Waals surface area (Å²) in [4.78, 5) is 23.3. The van der Waals surface area contributed by atoms with Crippen LogP contribution >= 0.6 is 0 Å². The van der Waals surface area contributed by atoms with Crippen LogP contribution in [-0.2, 0) is 20.9 Å². The maximum absolute atomic E-state index is 11.7. The molecule has 0 bridgehead atoms. The Morgan fingerprint density at radius 1 is 1.16 bits per heavy atom. The number of phenols is 1. The molecule has 6 heteroatoms. The van der Waals surface area contributed by atoms with Crippen molar-refractivity contribution >= 4 is 18.0 Å². The van der Waals surface area contributed by atoms with Crippen LogP contribution in [0.4, 0.5) is 0 Å². The van der Waals surface area contributed by atoms with Crippen molar-refractivity contribution in [1.82, 2.24) is 5.32 Å². The van der Waals surface area contributed by atoms with E-state index in [4.69, 9.17) is 9.47 Å². The van der Waals surface area contributed by atoms with Crippen LogP contribution in [0.25, 0.3) is 6.08 Å². The molecule has 0 aliphatic heterocycles. The van der Waals surface area contributed by atoms with Gasteiger partial charge in [0.2, 0.25) is 0 Å². The predicted molar refractivity (Wildman–Crippen MR) is 92.9 cm³/mol. The predicted octanol–water partition coefficient (Wildman–Crippen LogP) is 2.27. The third-order valence-corrected chi connectivity index (χ3v) is 3.29. The number of phenolic OH excluding ortho intramolecular Hbond substituents is 1. The fourth-order valence-electron chi connectivity index (χ4n) is 1.99. The molecule has 2 rings (SSSR count). The van der Waals surface area contributed by atoms with Gasteiger partial charge in [0.25, 0.3) is 5.91 Å². The second kappa shape index (κ2) is 9.12. The second-order valence-electron chi connectivity index (χ2n) is 5.13. The summed E-state index contributed by atoms with van der Waals surface area (Å²) >= 11 is 0. The van der Waals surface area contributed by atoms with Gasteiger partial charge in [-0.05, 0) is 29.3 Å². The normalized spacial score (nSPS) is 10.4. The average molecular weight is 341 g/mol. The van der Waals surface area contributed by atoms with Crippen LogP contribution in [0.5, 0.6) is 11.5 Å². The van der Waals surface area contributed by atoms with E-state index < -0.39 is 5.97 Å². The lowest BCUT2D eigenvalue weighted by atomic mass is 10.2. The Labute approximate surface area is 145 Å². The SMILES string of the molecule is COc1cc(/C=C/C(=O)OCC(=O)NCc2ccccc2)ccc1O. The van der Waals surface area contributed by atoms with E-state index in [1.54, 1.807) is 12.1 Å². The lowest BCUT2D eigenvalue weighted by Crippen LogP contribution is -2.28. The number of hydrogen-bond donors (Lipinski definition) is 2. The molecule has 6 nitrogen and oxygen atoms in total. The van der Waals surface area contributed by atoms with Gasteiger partial charge in [0.05, 0.1) is 7.11 Å². The molecule has 130 valence electrons. The maximum Gasteiger partial charge on any atom is 0.331 e. The minimum Gasteiger partial charge on any atom is -0.504 e. The highest BCUT2D eigenvalue weighted by molar-refractivity contribution is 5.89. The van der Waals surface area contributed by atoms with Crippen molar-refractivity contribution < 1.29 is 24.2 Å². The minimum absolute atomic E-state index is 0.0114. The molecule has 0 aliphatic carbocycles. The van der Waals surface area contributed by atoms with Crippen LogP contribution in [0.1, 0.15) is 11.1 Å². The molecule has 0 saturated carbocycles. The molecule has 2 aromatic rings. The van der Waals surface area contributed by atoms with E-state index in [9.17, 15) is 14.7 Å². The van der Waals surface area contributed by atoms with Crippen molar-refractivity contribution in [2.24, 2.45) is 0 Å². The van der Waals surface area contributed by atoms with E-state index in [1.165, 1.54) is 25.3 Å². The van der Waals surface area contributed by atoms with Crippen molar-refractivity contribution in [2.45, 2.75) is 6.54 Å². The fraction of sp³-hybridized carbons (Fsp3) is 0.158. The molecular formula is C19H19NO5. The molecule has 2 aromatic carbocycles. The smallest absolute Gasteiger partial charge is 0.331 e. The van der Waals surface area contributed by atoms with E-state index in [0.29, 0.717) is 17.9 Å². The molecule has 0 radical (unpaired) electrons. The Hall–Kier alpha value is -3.28. The van der Waals surface area contributed by atoms with Crippen LogP contribution in [0.3, 0.4) is 0 Å². The minimum atomic E-state index is -0.637. The first-order valence-corrected chi connectivity index (χ1v) is 7.61. The van der Waals surface area contributed by atoms with Crippen molar-refractivity contribution in [1.29, 1.82) is 0 Å². The molecule has 0 aliphatic rings. The van der Waals surface area contributed by atoms with Crippen LogP contribution < -0.4 is 10.1 Å². The van der Waals surface area contributed by atoms with E-state index in [-0.39, 0.29) is 18.3 Å². The number of benzene rings is 2. The Balaban J connectivity index is 1.77. The highest BCUT2D eigenvalue weighted by Crippen LogP contribution is 2.26. The summed E-state index contributed by atoms with van der Waals surface area (Å²) in [6.07, 6.45) is 2.71. The zero-order valence-electron chi connectivity index (χ0n) is 13.8. The summed E-state index contributed by atoms with van der Waals surface area (Å²) in [7, 11) is 1.44. The summed E-state index contributed by atoms with van der Waals surface area (Å²) in [5.41, 5.74) is 1.61. The number of carbonyl (C=O) groups is 2. The van der Waals surface area contributed by atoms with E-state index >= 15 is 0 Å². The van der Waals surface area contributed by atoms with Gasteiger partial charge in [0.1, 0.15) is 0 Å². The quantitative estimate of drug-likeness (QED) is 0.596. The van der Waals surface area contributed by atoms with Gasteiger partial charge in [0.15, 0.2) is 18.1 Å². The second-order valence-corrected chi connectivity index (χ2v) is 5.13. The van der Waals surface area contributed by atoms with Gasteiger partial charge in [-0.3, -0.25) is 4.79 Å². The Morgan fingerprint density at radius 3 is 2.64 bits per heavy atom. The molecule has 0 spiro atoms. The summed E-state index contributed by atoms with van der Waals surface area (Å²) in [6.45, 7) is 0.0231. The number of hydrogen-bond acceptors (Lipinski definition) is 5. The highest BCUT2D eigenvalue weighted by Gasteiger charge is 2.05. The Kier molecular flexibility index (Phi) is 6.59. The fourth-order valence-corrected chi connectivity index (χ4v) is 1.99. The van der Waals surface area contributed by atoms with Gasteiger partial charge in [0, 0.05) is 12.6 Å². The van der Waals surface area contributed by atoms with Gasteiger partial charge < -0.3 is 19.9 Å². The third kappa shape index (κ3) is 6.02. The lowest BCUT2D eigenvalue weighted by Gasteiger charge is -2.05. The van der Waals surface area contributed by atoms with Crippen LogP contribution in [-0.4, -0.2) is 30.7 Å². The first-order valence-electron chi connectivity index (χ1n) is 7.61. The molecule has 0 saturated heterocycles. The molecule has 0 heterocycles. The highest BCUT2D eigenvalue weighted by atomic mass is 16.5. The van der Waals surface area contributed by atoms with Crippen molar-refractivity contribution in [2.75, 3.05) is 13.7 Å². The van der Waals surface area contributed by atoms with Crippen molar-refractivity contribution in [3.05, 3.63) is 65.7 Å². The number of ether oxygens (including phenoxy) is 2. The number of aromatic hydroxyl groups is 1. The lowest BCUT2D eigenvalue weighted by molar-refractivity contribution is -0.143. The average Bonchev–Trinajstić information content (AvgIpc) is 2.64. The van der Waals surface area contributed by atoms with Gasteiger partial charge in [-0.15, -0.1) is 0 Å². The number of carbonyl (C=O) groups excluding carboxylic acids is 2. The molecule has 25 heavy (non-hydrogen) atoms. The Bertz CT molecular complexity index is 756. The third-order valence-electron chi connectivity index (χ3n) is 3.29. The Morgan fingerprint density at radius 2 is 1.92 bits per heavy atom. The molecule has 2 N–H and O–H groups in total. The number of nitrogens with one attached hydrogen (secondary N) is 1. The number of esters is 1. The standard InChI is InChI=1S/C19H19NO5/c1-24-17-11-14(7-9-16(17)21)8-10-19(23)25-13-18(22)20-12-15-5-3-2-4-6-15/h2-11,21H,12-13H2,1H3,(H,20,22)/b10-8+. The molecule has 0 unspecified atom stereocenters. The van der Waals surface area contributed by atoms with Gasteiger partial charge in [-0.25, -0.2) is 4.79 Å². The molecule has 0 fully saturated rings. The maximum atomic E-state index is 11.7. The molecule has 0 atom stereocenters. The summed E-state index contributed by atoms with van der Waals surface area (Å²) in [5, 5.41) is 12.2. The van der Waals surface area contributed by atoms with Crippen LogP contribution in [0, 0.1) is 0 Å². The first-order chi connectivity index (χ1) is 12.1. The van der Waals surface area contributed by atoms with Crippen molar-refractivity contribution in [3.63, 3.8) is 0 Å². The molecule has 0 aromatic heterocycles. The number of rotatable bonds is 7. The van der Waals surface area contributed by atoms with E-state index in [2.05, 4.69) is 5.32 Å². The van der Waals surface area contributed by atoms with Gasteiger partial charge in [-0.1, -0.05) is 36.4 Å². The number of methoxy groups -OCH3 is 1. The zero-order chi connectivity index (χ0) is 18.1. The zero-order valence-corrected chi connectivity index (χ0v) is 13.8. The summed E-state index contributed by atoms with van der Waals surface area (Å²) in [6, 6.07) is 14.1.